The van der Waals surface area contributed by atoms with Crippen molar-refractivity contribution in [3.8, 4) is 0 Å². The zero-order chi connectivity index (χ0) is 26.9. The van der Waals surface area contributed by atoms with Gasteiger partial charge in [-0.15, -0.1) is 0 Å². The maximum absolute atomic E-state index is 14.3. The van der Waals surface area contributed by atoms with Crippen LogP contribution >= 0.6 is 50.7 Å². The second-order valence-electron chi connectivity index (χ2n) is 8.87. The minimum Gasteiger partial charge on any atom is -0.442 e. The Kier molecular flexibility index (Phi) is 8.77. The molecule has 1 unspecified atom stereocenters. The average Bonchev–Trinajstić information content (AvgIpc) is 3.20. The lowest BCUT2D eigenvalue weighted by Crippen LogP contribution is -2.46. The van der Waals surface area contributed by atoms with Crippen molar-refractivity contribution in [2.45, 2.75) is 44.6 Å². The van der Waals surface area contributed by atoms with E-state index in [1.165, 1.54) is 24.3 Å². The number of alkyl halides is 4. The van der Waals surface area contributed by atoms with Crippen LogP contribution in [0.2, 0.25) is 15.1 Å². The van der Waals surface area contributed by atoms with Crippen LogP contribution in [0.4, 0.5) is 23.7 Å². The van der Waals surface area contributed by atoms with Gasteiger partial charge in [0.2, 0.25) is 0 Å². The van der Waals surface area contributed by atoms with Crippen LogP contribution in [-0.4, -0.2) is 35.5 Å². The van der Waals surface area contributed by atoms with Gasteiger partial charge >= 0.3 is 12.3 Å². The summed E-state index contributed by atoms with van der Waals surface area (Å²) in [4.78, 5) is 17.9. The van der Waals surface area contributed by atoms with E-state index in [1.54, 1.807) is 20.8 Å². The molecule has 0 saturated carbocycles. The molecule has 0 fully saturated rings. The van der Waals surface area contributed by atoms with Crippen LogP contribution in [0.25, 0.3) is 0 Å². The SMILES string of the molecule is CC(C)(C)OC(=O)N(NCCBr)c1cc(C2=NOC(c3cc(Cl)cc(Cl)c3)(C(F)(F)F)C2)ccc1Cl. The lowest BCUT2D eigenvalue weighted by Gasteiger charge is -2.30. The first-order valence-electron chi connectivity index (χ1n) is 10.6. The van der Waals surface area contributed by atoms with Crippen LogP contribution in [0.5, 0.6) is 0 Å². The van der Waals surface area contributed by atoms with Crippen molar-refractivity contribution in [1.82, 2.24) is 5.43 Å². The minimum absolute atomic E-state index is 0.00836. The summed E-state index contributed by atoms with van der Waals surface area (Å²) in [5, 5.41) is 5.58. The van der Waals surface area contributed by atoms with Crippen LogP contribution in [0.3, 0.4) is 0 Å². The lowest BCUT2D eigenvalue weighted by molar-refractivity contribution is -0.275. The third-order valence-electron chi connectivity index (χ3n) is 4.98. The van der Waals surface area contributed by atoms with Crippen molar-refractivity contribution in [2.24, 2.45) is 5.16 Å². The number of carbonyl (C=O) groups excluding carboxylic acids is 1. The highest BCUT2D eigenvalue weighted by atomic mass is 79.9. The van der Waals surface area contributed by atoms with Crippen molar-refractivity contribution in [1.29, 1.82) is 0 Å². The van der Waals surface area contributed by atoms with Gasteiger partial charge in [-0.25, -0.2) is 15.2 Å². The van der Waals surface area contributed by atoms with E-state index in [2.05, 4.69) is 26.5 Å². The fourth-order valence-electron chi connectivity index (χ4n) is 3.42. The monoisotopic (exact) mass is 629 g/mol. The van der Waals surface area contributed by atoms with Gasteiger partial charge < -0.3 is 9.57 Å². The highest BCUT2D eigenvalue weighted by molar-refractivity contribution is 9.09. The summed E-state index contributed by atoms with van der Waals surface area (Å²) in [5.74, 6) is 0. The first-order valence-corrected chi connectivity index (χ1v) is 12.8. The Bertz CT molecular complexity index is 1150. The van der Waals surface area contributed by atoms with Gasteiger partial charge in [-0.1, -0.05) is 62.0 Å². The van der Waals surface area contributed by atoms with E-state index in [9.17, 15) is 18.0 Å². The van der Waals surface area contributed by atoms with Gasteiger partial charge in [0.05, 0.1) is 16.4 Å². The molecule has 36 heavy (non-hydrogen) atoms. The fourth-order valence-corrected chi connectivity index (χ4v) is 4.32. The Labute approximate surface area is 229 Å². The zero-order valence-corrected chi connectivity index (χ0v) is 23.2. The molecule has 0 saturated heterocycles. The third kappa shape index (κ3) is 6.39. The maximum atomic E-state index is 14.3. The molecule has 0 bridgehead atoms. The highest BCUT2D eigenvalue weighted by Crippen LogP contribution is 2.50. The number of oxime groups is 1. The third-order valence-corrected chi connectivity index (χ3v) is 6.13. The van der Waals surface area contributed by atoms with Gasteiger partial charge in [-0.2, -0.15) is 13.2 Å². The van der Waals surface area contributed by atoms with E-state index in [1.807, 2.05) is 0 Å². The number of nitrogens with zero attached hydrogens (tertiary/aromatic N) is 2. The van der Waals surface area contributed by atoms with E-state index in [0.717, 1.165) is 17.1 Å². The van der Waals surface area contributed by atoms with Gasteiger partial charge in [0.25, 0.3) is 5.60 Å². The summed E-state index contributed by atoms with van der Waals surface area (Å²) in [6.45, 7) is 5.44. The van der Waals surface area contributed by atoms with E-state index in [4.69, 9.17) is 44.4 Å². The van der Waals surface area contributed by atoms with Gasteiger partial charge in [0, 0.05) is 39.5 Å². The molecule has 1 aliphatic heterocycles. The number of rotatable bonds is 6. The average molecular weight is 632 g/mol. The summed E-state index contributed by atoms with van der Waals surface area (Å²) < 4.78 is 48.5. The second kappa shape index (κ2) is 10.9. The smallest absolute Gasteiger partial charge is 0.435 e. The standard InChI is InChI=1S/C23H22BrCl3F3N3O3/c1-21(2,3)35-20(34)33(31-7-6-24)19-8-13(4-5-17(19)27)18-12-22(36-32-18,23(28,29)30)14-9-15(25)11-16(26)10-14/h4-5,8-11,31H,6-7,12H2,1-3H3. The quantitative estimate of drug-likeness (QED) is 0.260. The molecule has 0 spiro atoms. The topological polar surface area (TPSA) is 63.2 Å². The number of hydrogen-bond donors (Lipinski definition) is 1. The molecular formula is C23H22BrCl3F3N3O3. The van der Waals surface area contributed by atoms with Crippen molar-refractivity contribution in [3.63, 3.8) is 0 Å². The van der Waals surface area contributed by atoms with Crippen LogP contribution in [0, 0.1) is 0 Å². The number of ether oxygens (including phenoxy) is 1. The van der Waals surface area contributed by atoms with E-state index in [0.29, 0.717) is 11.9 Å². The number of benzene rings is 2. The number of nitrogens with one attached hydrogen (secondary N) is 1. The maximum Gasteiger partial charge on any atom is 0.435 e. The number of hydrazine groups is 1. The summed E-state index contributed by atoms with van der Waals surface area (Å²) in [6, 6.07) is 7.98. The number of halogens is 7. The predicted octanol–water partition coefficient (Wildman–Crippen LogP) is 7.87. The fraction of sp³-hybridized carbons (Fsp3) is 0.391. The predicted molar refractivity (Wildman–Crippen MR) is 138 cm³/mol. The van der Waals surface area contributed by atoms with Gasteiger partial charge in [-0.05, 0) is 51.1 Å². The van der Waals surface area contributed by atoms with Crippen LogP contribution < -0.4 is 10.4 Å². The molecule has 196 valence electrons. The largest absolute Gasteiger partial charge is 0.442 e. The molecule has 0 aromatic heterocycles. The van der Waals surface area contributed by atoms with Crippen molar-refractivity contribution >= 4 is 68.2 Å². The Morgan fingerprint density at radius 2 is 1.81 bits per heavy atom. The molecule has 1 aliphatic rings. The lowest BCUT2D eigenvalue weighted by atomic mass is 9.86. The van der Waals surface area contributed by atoms with Crippen LogP contribution in [-0.2, 0) is 15.2 Å². The Morgan fingerprint density at radius 1 is 1.17 bits per heavy atom. The second-order valence-corrected chi connectivity index (χ2v) is 10.9. The molecule has 1 amide bonds. The first-order chi connectivity index (χ1) is 16.7. The van der Waals surface area contributed by atoms with Crippen molar-refractivity contribution in [2.75, 3.05) is 16.9 Å². The molecule has 1 N–H and O–H groups in total. The molecular weight excluding hydrogens is 610 g/mol. The Morgan fingerprint density at radius 3 is 2.36 bits per heavy atom. The van der Waals surface area contributed by atoms with Gasteiger partial charge in [0.1, 0.15) is 5.60 Å². The summed E-state index contributed by atoms with van der Waals surface area (Å²) >= 11 is 21.6. The van der Waals surface area contributed by atoms with Crippen LogP contribution in [0.15, 0.2) is 41.6 Å². The first kappa shape index (κ1) is 28.8. The molecule has 6 nitrogen and oxygen atoms in total. The summed E-state index contributed by atoms with van der Waals surface area (Å²) in [5.41, 5.74) is -0.561. The zero-order valence-electron chi connectivity index (χ0n) is 19.4. The minimum atomic E-state index is -4.85. The van der Waals surface area contributed by atoms with E-state index >= 15 is 0 Å². The molecule has 3 rings (SSSR count). The number of anilines is 1. The van der Waals surface area contributed by atoms with Gasteiger partial charge in [0.15, 0.2) is 0 Å². The molecule has 2 aromatic rings. The molecule has 2 aromatic carbocycles. The van der Waals surface area contributed by atoms with Crippen molar-refractivity contribution < 1.29 is 27.5 Å². The van der Waals surface area contributed by atoms with Crippen molar-refractivity contribution in [3.05, 3.63) is 62.6 Å². The Hall–Kier alpha value is -1.72. The molecule has 0 radical (unpaired) electrons. The van der Waals surface area contributed by atoms with E-state index in [-0.39, 0.29) is 37.6 Å². The Balaban J connectivity index is 2.01. The number of amides is 1. The molecule has 0 aliphatic carbocycles. The number of carbonyl (C=O) groups is 1. The normalized spacial score (nSPS) is 18.0. The molecule has 13 heteroatoms. The van der Waals surface area contributed by atoms with E-state index < -0.39 is 29.9 Å². The van der Waals surface area contributed by atoms with Gasteiger partial charge in [-0.3, -0.25) is 0 Å². The molecule has 1 heterocycles. The highest BCUT2D eigenvalue weighted by Gasteiger charge is 2.62. The summed E-state index contributed by atoms with van der Waals surface area (Å²) in [6.07, 6.45) is -6.25. The number of hydrogen-bond acceptors (Lipinski definition) is 5. The molecule has 1 atom stereocenters. The summed E-state index contributed by atoms with van der Waals surface area (Å²) in [7, 11) is 0. The van der Waals surface area contributed by atoms with Crippen LogP contribution in [0.1, 0.15) is 38.3 Å².